The van der Waals surface area contributed by atoms with E-state index in [2.05, 4.69) is 0 Å². The van der Waals surface area contributed by atoms with Crippen LogP contribution in [0.15, 0.2) is 48.5 Å². The number of ether oxygens (including phenoxy) is 2. The Kier molecular flexibility index (Phi) is 7.25. The lowest BCUT2D eigenvalue weighted by molar-refractivity contribution is -0.135. The zero-order chi connectivity index (χ0) is 18.9. The molecule has 0 heterocycles. The second-order valence-corrected chi connectivity index (χ2v) is 5.47. The summed E-state index contributed by atoms with van der Waals surface area (Å²) in [6, 6.07) is 12.3. The minimum atomic E-state index is -1.15. The summed E-state index contributed by atoms with van der Waals surface area (Å²) in [6.07, 6.45) is 0. The minimum Gasteiger partial charge on any atom is -0.480 e. The average molecular weight is 361 g/mol. The number of rotatable bonds is 9. The molecular formula is C19H20FNO5. The van der Waals surface area contributed by atoms with Gasteiger partial charge in [-0.15, -0.1) is 0 Å². The molecule has 0 aliphatic rings. The maximum atomic E-state index is 13.9. The summed E-state index contributed by atoms with van der Waals surface area (Å²) in [6.45, 7) is 0.157. The lowest BCUT2D eigenvalue weighted by atomic mass is 10.1. The first-order valence-corrected chi connectivity index (χ1v) is 7.96. The van der Waals surface area contributed by atoms with Gasteiger partial charge in [-0.05, 0) is 30.3 Å². The highest BCUT2D eigenvalue weighted by Crippen LogP contribution is 2.19. The number of amides is 1. The van der Waals surface area contributed by atoms with Crippen LogP contribution in [0.5, 0.6) is 0 Å². The van der Waals surface area contributed by atoms with Gasteiger partial charge in [0.05, 0.1) is 19.8 Å². The van der Waals surface area contributed by atoms with Gasteiger partial charge in [0, 0.05) is 23.9 Å². The molecule has 0 saturated carbocycles. The van der Waals surface area contributed by atoms with Crippen LogP contribution in [0.25, 0.3) is 0 Å². The molecule has 0 aliphatic carbocycles. The number of methoxy groups -OCH3 is 1. The molecule has 2 aromatic carbocycles. The molecule has 0 unspecified atom stereocenters. The second-order valence-electron chi connectivity index (χ2n) is 5.47. The van der Waals surface area contributed by atoms with Crippen LogP contribution in [-0.4, -0.2) is 43.9 Å². The molecule has 0 fully saturated rings. The SMILES string of the molecule is COCCOCc1cc(C(=O)N(CC(=O)O)c2ccccc2)ccc1F. The van der Waals surface area contributed by atoms with Crippen molar-refractivity contribution in [3.63, 3.8) is 0 Å². The van der Waals surface area contributed by atoms with E-state index in [1.54, 1.807) is 30.3 Å². The number of nitrogens with zero attached hydrogens (tertiary/aromatic N) is 1. The Bertz CT molecular complexity index is 751. The maximum Gasteiger partial charge on any atom is 0.323 e. The fraction of sp³-hybridized carbons (Fsp3) is 0.263. The van der Waals surface area contributed by atoms with Crippen LogP contribution in [0.3, 0.4) is 0 Å². The van der Waals surface area contributed by atoms with Gasteiger partial charge >= 0.3 is 5.97 Å². The quantitative estimate of drug-likeness (QED) is 0.695. The maximum absolute atomic E-state index is 13.9. The van der Waals surface area contributed by atoms with Gasteiger partial charge in [-0.2, -0.15) is 0 Å². The number of hydrogen-bond acceptors (Lipinski definition) is 4. The molecule has 138 valence electrons. The van der Waals surface area contributed by atoms with Gasteiger partial charge < -0.3 is 14.6 Å². The van der Waals surface area contributed by atoms with Gasteiger partial charge in [-0.3, -0.25) is 14.5 Å². The number of carboxylic acid groups (broad SMARTS) is 1. The van der Waals surface area contributed by atoms with Crippen molar-refractivity contribution in [2.45, 2.75) is 6.61 Å². The molecule has 7 heteroatoms. The second kappa shape index (κ2) is 9.65. The Hall–Kier alpha value is -2.77. The Morgan fingerprint density at radius 3 is 2.50 bits per heavy atom. The van der Waals surface area contributed by atoms with Crippen molar-refractivity contribution in [3.8, 4) is 0 Å². The van der Waals surface area contributed by atoms with E-state index in [0.29, 0.717) is 18.9 Å². The highest BCUT2D eigenvalue weighted by molar-refractivity contribution is 6.08. The molecule has 6 nitrogen and oxygen atoms in total. The summed E-state index contributed by atoms with van der Waals surface area (Å²) in [7, 11) is 1.53. The number of aliphatic carboxylic acids is 1. The zero-order valence-electron chi connectivity index (χ0n) is 14.4. The zero-order valence-corrected chi connectivity index (χ0v) is 14.4. The van der Waals surface area contributed by atoms with Crippen LogP contribution < -0.4 is 4.90 Å². The van der Waals surface area contributed by atoms with Gasteiger partial charge in [0.25, 0.3) is 5.91 Å². The molecule has 26 heavy (non-hydrogen) atoms. The molecule has 0 spiro atoms. The molecule has 0 aromatic heterocycles. The van der Waals surface area contributed by atoms with E-state index in [9.17, 15) is 14.0 Å². The lowest BCUT2D eigenvalue weighted by Gasteiger charge is -2.21. The normalized spacial score (nSPS) is 10.5. The summed E-state index contributed by atoms with van der Waals surface area (Å²) in [4.78, 5) is 25.1. The van der Waals surface area contributed by atoms with E-state index in [1.807, 2.05) is 0 Å². The Labute approximate surface area is 150 Å². The first-order chi connectivity index (χ1) is 12.5. The summed E-state index contributed by atoms with van der Waals surface area (Å²) in [5, 5.41) is 9.12. The summed E-state index contributed by atoms with van der Waals surface area (Å²) in [5.41, 5.74) is 0.847. The van der Waals surface area contributed by atoms with Crippen LogP contribution in [0.1, 0.15) is 15.9 Å². The van der Waals surface area contributed by atoms with Crippen molar-refractivity contribution in [3.05, 3.63) is 65.5 Å². The summed E-state index contributed by atoms with van der Waals surface area (Å²) < 4.78 is 24.1. The van der Waals surface area contributed by atoms with Crippen LogP contribution in [0, 0.1) is 5.82 Å². The molecule has 2 aromatic rings. The Morgan fingerprint density at radius 1 is 1.12 bits per heavy atom. The lowest BCUT2D eigenvalue weighted by Crippen LogP contribution is -2.35. The number of carboxylic acids is 1. The third kappa shape index (κ3) is 5.37. The highest BCUT2D eigenvalue weighted by Gasteiger charge is 2.21. The number of carbonyl (C=O) groups excluding carboxylic acids is 1. The average Bonchev–Trinajstić information content (AvgIpc) is 2.64. The number of para-hydroxylation sites is 1. The topological polar surface area (TPSA) is 76.1 Å². The van der Waals surface area contributed by atoms with E-state index in [-0.39, 0.29) is 17.7 Å². The van der Waals surface area contributed by atoms with Crippen molar-refractivity contribution in [1.29, 1.82) is 0 Å². The molecule has 0 radical (unpaired) electrons. The van der Waals surface area contributed by atoms with E-state index < -0.39 is 24.2 Å². The van der Waals surface area contributed by atoms with Crippen LogP contribution in [0.2, 0.25) is 0 Å². The van der Waals surface area contributed by atoms with E-state index in [1.165, 1.54) is 25.3 Å². The molecular weight excluding hydrogens is 341 g/mol. The van der Waals surface area contributed by atoms with Crippen molar-refractivity contribution < 1.29 is 28.6 Å². The van der Waals surface area contributed by atoms with Gasteiger partial charge in [-0.25, -0.2) is 4.39 Å². The molecule has 0 saturated heterocycles. The van der Waals surface area contributed by atoms with Gasteiger partial charge in [0.2, 0.25) is 0 Å². The number of halogens is 1. The number of anilines is 1. The molecule has 0 bridgehead atoms. The first-order valence-electron chi connectivity index (χ1n) is 7.96. The summed E-state index contributed by atoms with van der Waals surface area (Å²) in [5.74, 6) is -2.17. The molecule has 1 amide bonds. The first kappa shape index (κ1) is 19.6. The molecule has 0 aliphatic heterocycles. The van der Waals surface area contributed by atoms with Crippen LogP contribution in [-0.2, 0) is 20.9 Å². The van der Waals surface area contributed by atoms with Crippen molar-refractivity contribution in [2.24, 2.45) is 0 Å². The highest BCUT2D eigenvalue weighted by atomic mass is 19.1. The number of benzene rings is 2. The monoisotopic (exact) mass is 361 g/mol. The van der Waals surface area contributed by atoms with Gasteiger partial charge in [-0.1, -0.05) is 18.2 Å². The van der Waals surface area contributed by atoms with Crippen LogP contribution in [0.4, 0.5) is 10.1 Å². The molecule has 0 atom stereocenters. The fourth-order valence-electron chi connectivity index (χ4n) is 2.32. The third-order valence-corrected chi connectivity index (χ3v) is 3.59. The Balaban J connectivity index is 2.23. The summed E-state index contributed by atoms with van der Waals surface area (Å²) >= 11 is 0. The minimum absolute atomic E-state index is 0.0133. The predicted octanol–water partition coefficient (Wildman–Crippen LogP) is 2.72. The van der Waals surface area contributed by atoms with E-state index in [4.69, 9.17) is 14.6 Å². The van der Waals surface area contributed by atoms with Gasteiger partial charge in [0.1, 0.15) is 12.4 Å². The third-order valence-electron chi connectivity index (χ3n) is 3.59. The van der Waals surface area contributed by atoms with E-state index in [0.717, 1.165) is 4.90 Å². The Morgan fingerprint density at radius 2 is 1.85 bits per heavy atom. The van der Waals surface area contributed by atoms with Crippen LogP contribution >= 0.6 is 0 Å². The smallest absolute Gasteiger partial charge is 0.323 e. The van der Waals surface area contributed by atoms with Gasteiger partial charge in [0.15, 0.2) is 0 Å². The van der Waals surface area contributed by atoms with Crippen molar-refractivity contribution in [1.82, 2.24) is 0 Å². The number of carbonyl (C=O) groups is 2. The molecule has 2 rings (SSSR count). The molecule has 1 N–H and O–H groups in total. The largest absolute Gasteiger partial charge is 0.480 e. The van der Waals surface area contributed by atoms with Crippen molar-refractivity contribution in [2.75, 3.05) is 31.8 Å². The predicted molar refractivity (Wildman–Crippen MR) is 93.7 cm³/mol. The van der Waals surface area contributed by atoms with Crippen molar-refractivity contribution >= 4 is 17.6 Å². The van der Waals surface area contributed by atoms with E-state index >= 15 is 0 Å². The standard InChI is InChI=1S/C19H20FNO5/c1-25-9-10-26-13-15-11-14(7-8-17(15)20)19(24)21(12-18(22)23)16-5-3-2-4-6-16/h2-8,11H,9-10,12-13H2,1H3,(H,22,23). The number of hydrogen-bond donors (Lipinski definition) is 1. The fourth-order valence-corrected chi connectivity index (χ4v) is 2.32.